The third-order valence-corrected chi connectivity index (χ3v) is 5.80. The van der Waals surface area contributed by atoms with Crippen molar-refractivity contribution in [2.45, 2.75) is 44.6 Å². The number of ether oxygens (including phenoxy) is 1. The Kier molecular flexibility index (Phi) is 8.39. The van der Waals surface area contributed by atoms with Crippen LogP contribution in [-0.4, -0.2) is 47.0 Å². The van der Waals surface area contributed by atoms with Crippen LogP contribution in [0.1, 0.15) is 36.8 Å². The van der Waals surface area contributed by atoms with E-state index in [2.05, 4.69) is 0 Å². The maximum Gasteiger partial charge on any atom is 0.330 e. The van der Waals surface area contributed by atoms with Crippen LogP contribution in [0, 0.1) is 5.92 Å². The zero-order valence-corrected chi connectivity index (χ0v) is 18.1. The number of likely N-dealkylation sites (tertiary alicyclic amines) is 1. The molecule has 1 fully saturated rings. The molecule has 0 aliphatic carbocycles. The van der Waals surface area contributed by atoms with Gasteiger partial charge in [0.1, 0.15) is 11.8 Å². The molecule has 3 N–H and O–H groups in total. The van der Waals surface area contributed by atoms with Gasteiger partial charge in [0.2, 0.25) is 5.91 Å². The predicted octanol–water partition coefficient (Wildman–Crippen LogP) is 2.59. The van der Waals surface area contributed by atoms with E-state index >= 15 is 0 Å². The zero-order valence-electron chi connectivity index (χ0n) is 18.1. The first-order valence-corrected chi connectivity index (χ1v) is 11.0. The number of benzene rings is 2. The molecule has 2 aromatic rings. The molecule has 3 rings (SSSR count). The molecule has 1 aliphatic heterocycles. The van der Waals surface area contributed by atoms with E-state index in [-0.39, 0.29) is 30.4 Å². The van der Waals surface area contributed by atoms with Crippen LogP contribution in [0.15, 0.2) is 54.6 Å². The summed E-state index contributed by atoms with van der Waals surface area (Å²) in [4.78, 5) is 38.6. The highest BCUT2D eigenvalue weighted by molar-refractivity contribution is 5.88. The molecule has 170 valence electrons. The molecule has 7 heteroatoms. The SMILES string of the molecule is N[C@@H](Cc1ccc(O)cc1)C(=O)OC(=O)CC1CCN(C(=O)CCc2ccccc2)CC1. The number of nitrogens with two attached hydrogens (primary N) is 1. The molecule has 1 heterocycles. The minimum atomic E-state index is -0.951. The summed E-state index contributed by atoms with van der Waals surface area (Å²) < 4.78 is 4.94. The number of piperidine rings is 1. The molecule has 1 amide bonds. The second-order valence-corrected chi connectivity index (χ2v) is 8.28. The molecule has 32 heavy (non-hydrogen) atoms. The predicted molar refractivity (Wildman–Crippen MR) is 120 cm³/mol. The number of rotatable bonds is 8. The third-order valence-electron chi connectivity index (χ3n) is 5.80. The standard InChI is InChI=1S/C25H30N2O5/c26-22(16-19-6-9-21(28)10-7-19)25(31)32-24(30)17-20-12-14-27(15-13-20)23(29)11-8-18-4-2-1-3-5-18/h1-7,9-10,20,22,28H,8,11-17,26H2/t22-/m0/s1. The Morgan fingerprint density at radius 3 is 2.31 bits per heavy atom. The van der Waals surface area contributed by atoms with Crippen molar-refractivity contribution in [3.63, 3.8) is 0 Å². The van der Waals surface area contributed by atoms with E-state index in [4.69, 9.17) is 10.5 Å². The lowest BCUT2D eigenvalue weighted by Gasteiger charge is -2.31. The highest BCUT2D eigenvalue weighted by Gasteiger charge is 2.26. The number of carbonyl (C=O) groups excluding carboxylic acids is 3. The van der Waals surface area contributed by atoms with Crippen LogP contribution in [0.2, 0.25) is 0 Å². The van der Waals surface area contributed by atoms with E-state index in [1.807, 2.05) is 35.2 Å². The molecule has 0 spiro atoms. The fourth-order valence-corrected chi connectivity index (χ4v) is 3.88. The Morgan fingerprint density at radius 2 is 1.66 bits per heavy atom. The number of hydrogen-bond acceptors (Lipinski definition) is 6. The summed E-state index contributed by atoms with van der Waals surface area (Å²) in [6.07, 6.45) is 2.97. The minimum Gasteiger partial charge on any atom is -0.508 e. The number of aromatic hydroxyl groups is 1. The van der Waals surface area contributed by atoms with E-state index < -0.39 is 18.0 Å². The maximum atomic E-state index is 12.5. The Morgan fingerprint density at radius 1 is 1.00 bits per heavy atom. The zero-order chi connectivity index (χ0) is 22.9. The van der Waals surface area contributed by atoms with Crippen LogP contribution in [-0.2, 0) is 32.0 Å². The molecule has 0 bridgehead atoms. The summed E-state index contributed by atoms with van der Waals surface area (Å²) in [5, 5.41) is 9.31. The number of phenols is 1. The largest absolute Gasteiger partial charge is 0.508 e. The van der Waals surface area contributed by atoms with E-state index in [9.17, 15) is 19.5 Å². The average molecular weight is 439 g/mol. The quantitative estimate of drug-likeness (QED) is 0.484. The average Bonchev–Trinajstić information content (AvgIpc) is 2.80. The Hall–Kier alpha value is -3.19. The third kappa shape index (κ3) is 7.20. The normalized spacial score (nSPS) is 15.2. The van der Waals surface area contributed by atoms with Crippen LogP contribution in [0.4, 0.5) is 0 Å². The van der Waals surface area contributed by atoms with E-state index in [1.54, 1.807) is 12.1 Å². The Labute approximate surface area is 188 Å². The molecule has 0 unspecified atom stereocenters. The lowest BCUT2D eigenvalue weighted by Crippen LogP contribution is -2.39. The molecule has 2 aromatic carbocycles. The molecule has 0 radical (unpaired) electrons. The fourth-order valence-electron chi connectivity index (χ4n) is 3.88. The molecule has 1 aliphatic rings. The van der Waals surface area contributed by atoms with Crippen molar-refractivity contribution in [1.29, 1.82) is 0 Å². The van der Waals surface area contributed by atoms with Gasteiger partial charge in [-0.3, -0.25) is 9.59 Å². The monoisotopic (exact) mass is 438 g/mol. The summed E-state index contributed by atoms with van der Waals surface area (Å²) in [5.74, 6) is -0.988. The highest BCUT2D eigenvalue weighted by Crippen LogP contribution is 2.22. The van der Waals surface area contributed by atoms with Crippen molar-refractivity contribution in [2.75, 3.05) is 13.1 Å². The van der Waals surface area contributed by atoms with Crippen LogP contribution >= 0.6 is 0 Å². The summed E-state index contributed by atoms with van der Waals surface area (Å²) in [7, 11) is 0. The lowest BCUT2D eigenvalue weighted by atomic mass is 9.93. The van der Waals surface area contributed by atoms with Gasteiger partial charge in [0.25, 0.3) is 0 Å². The number of phenolic OH excluding ortho intramolecular Hbond substituents is 1. The van der Waals surface area contributed by atoms with Crippen LogP contribution in [0.3, 0.4) is 0 Å². The van der Waals surface area contributed by atoms with E-state index in [0.717, 1.165) is 17.5 Å². The van der Waals surface area contributed by atoms with Crippen LogP contribution < -0.4 is 5.73 Å². The lowest BCUT2D eigenvalue weighted by molar-refractivity contribution is -0.161. The van der Waals surface area contributed by atoms with Gasteiger partial charge in [-0.25, -0.2) is 4.79 Å². The van der Waals surface area contributed by atoms with Gasteiger partial charge in [-0.2, -0.15) is 0 Å². The van der Waals surface area contributed by atoms with Crippen LogP contribution in [0.5, 0.6) is 5.75 Å². The number of aryl methyl sites for hydroxylation is 1. The van der Waals surface area contributed by atoms with Crippen molar-refractivity contribution in [1.82, 2.24) is 4.90 Å². The summed E-state index contributed by atoms with van der Waals surface area (Å²) in [6, 6.07) is 15.3. The first kappa shape index (κ1) is 23.5. The van der Waals surface area contributed by atoms with Crippen molar-refractivity contribution in [3.8, 4) is 5.75 Å². The number of carbonyl (C=O) groups is 3. The molecular formula is C25H30N2O5. The van der Waals surface area contributed by atoms with Gasteiger partial charge in [-0.1, -0.05) is 42.5 Å². The highest BCUT2D eigenvalue weighted by atomic mass is 16.6. The summed E-state index contributed by atoms with van der Waals surface area (Å²) >= 11 is 0. The smallest absolute Gasteiger partial charge is 0.330 e. The first-order chi connectivity index (χ1) is 15.4. The van der Waals surface area contributed by atoms with Gasteiger partial charge in [0, 0.05) is 25.9 Å². The summed E-state index contributed by atoms with van der Waals surface area (Å²) in [5.41, 5.74) is 7.77. The second-order valence-electron chi connectivity index (χ2n) is 8.28. The van der Waals surface area contributed by atoms with Gasteiger partial charge < -0.3 is 20.5 Å². The topological polar surface area (TPSA) is 110 Å². The van der Waals surface area contributed by atoms with Gasteiger partial charge in [0.15, 0.2) is 0 Å². The summed E-state index contributed by atoms with van der Waals surface area (Å²) in [6.45, 7) is 1.22. The molecule has 1 atom stereocenters. The molecule has 0 aromatic heterocycles. The Balaban J connectivity index is 1.35. The number of esters is 2. The second kappa shape index (κ2) is 11.4. The minimum absolute atomic E-state index is 0.0850. The Bertz CT molecular complexity index is 906. The molecular weight excluding hydrogens is 408 g/mol. The van der Waals surface area contributed by atoms with Gasteiger partial charge >= 0.3 is 11.9 Å². The number of amides is 1. The van der Waals surface area contributed by atoms with E-state index in [1.165, 1.54) is 12.1 Å². The van der Waals surface area contributed by atoms with Crippen molar-refractivity contribution in [3.05, 3.63) is 65.7 Å². The molecule has 1 saturated heterocycles. The number of nitrogens with zero attached hydrogens (tertiary/aromatic N) is 1. The van der Waals surface area contributed by atoms with Crippen LogP contribution in [0.25, 0.3) is 0 Å². The molecule has 7 nitrogen and oxygen atoms in total. The van der Waals surface area contributed by atoms with Crippen molar-refractivity contribution in [2.24, 2.45) is 11.7 Å². The van der Waals surface area contributed by atoms with Crippen molar-refractivity contribution < 1.29 is 24.2 Å². The first-order valence-electron chi connectivity index (χ1n) is 11.0. The molecule has 0 saturated carbocycles. The van der Waals surface area contributed by atoms with Gasteiger partial charge in [0.05, 0.1) is 0 Å². The fraction of sp³-hybridized carbons (Fsp3) is 0.400. The van der Waals surface area contributed by atoms with Gasteiger partial charge in [-0.15, -0.1) is 0 Å². The van der Waals surface area contributed by atoms with Crippen molar-refractivity contribution >= 4 is 17.8 Å². The van der Waals surface area contributed by atoms with Gasteiger partial charge in [-0.05, 0) is 54.9 Å². The number of hydrogen-bond donors (Lipinski definition) is 2. The van der Waals surface area contributed by atoms with E-state index in [0.29, 0.717) is 32.4 Å². The maximum absolute atomic E-state index is 12.5.